The Morgan fingerprint density at radius 3 is 3.11 bits per heavy atom. The van der Waals surface area contributed by atoms with E-state index in [4.69, 9.17) is 9.84 Å². The van der Waals surface area contributed by atoms with Gasteiger partial charge in [-0.25, -0.2) is 0 Å². The molecule has 2 nitrogen and oxygen atoms in total. The molecular weight excluding hydrogens is 116 g/mol. The van der Waals surface area contributed by atoms with Crippen LogP contribution in [0.2, 0.25) is 0 Å². The van der Waals surface area contributed by atoms with Crippen molar-refractivity contribution < 1.29 is 9.84 Å². The minimum atomic E-state index is 0.151. The Labute approximate surface area is 55.1 Å². The molecule has 1 atom stereocenters. The fourth-order valence-corrected chi connectivity index (χ4v) is 1.02. The van der Waals surface area contributed by atoms with Gasteiger partial charge in [0.05, 0.1) is 19.5 Å². The molecule has 9 heavy (non-hydrogen) atoms. The molecule has 0 amide bonds. The maximum atomic E-state index is 8.72. The molecule has 2 heteroatoms. The first kappa shape index (κ1) is 6.62. The zero-order chi connectivity index (χ0) is 6.69. The van der Waals surface area contributed by atoms with Gasteiger partial charge >= 0.3 is 0 Å². The summed E-state index contributed by atoms with van der Waals surface area (Å²) in [7, 11) is 0. The molecule has 1 aliphatic rings. The van der Waals surface area contributed by atoms with Gasteiger partial charge in [-0.2, -0.15) is 0 Å². The minimum absolute atomic E-state index is 0.151. The lowest BCUT2D eigenvalue weighted by atomic mass is 10.0. The number of hydrogen-bond acceptors (Lipinski definition) is 2. The summed E-state index contributed by atoms with van der Waals surface area (Å²) in [5.41, 5.74) is 1.04. The van der Waals surface area contributed by atoms with E-state index in [9.17, 15) is 0 Å². The van der Waals surface area contributed by atoms with Crippen LogP contribution in [-0.2, 0) is 4.74 Å². The molecule has 0 bridgehead atoms. The summed E-state index contributed by atoms with van der Waals surface area (Å²) in [6.07, 6.45) is 2.74. The van der Waals surface area contributed by atoms with E-state index in [0.717, 1.165) is 18.6 Å². The van der Waals surface area contributed by atoms with Crippen molar-refractivity contribution in [2.45, 2.75) is 13.3 Å². The highest BCUT2D eigenvalue weighted by atomic mass is 16.5. The van der Waals surface area contributed by atoms with Crippen molar-refractivity contribution in [1.29, 1.82) is 0 Å². The van der Waals surface area contributed by atoms with Crippen LogP contribution in [0.15, 0.2) is 11.8 Å². The minimum Gasteiger partial charge on any atom is -0.501 e. The molecule has 0 aromatic rings. The molecule has 1 N–H and O–H groups in total. The molecule has 0 radical (unpaired) electrons. The van der Waals surface area contributed by atoms with Gasteiger partial charge in [-0.05, 0) is 12.0 Å². The van der Waals surface area contributed by atoms with Gasteiger partial charge in [0.1, 0.15) is 0 Å². The Morgan fingerprint density at radius 2 is 2.67 bits per heavy atom. The maximum Gasteiger partial charge on any atom is 0.0940 e. The van der Waals surface area contributed by atoms with Gasteiger partial charge in [0.2, 0.25) is 0 Å². The van der Waals surface area contributed by atoms with Crippen molar-refractivity contribution in [3.05, 3.63) is 11.8 Å². The van der Waals surface area contributed by atoms with Crippen LogP contribution in [-0.4, -0.2) is 18.3 Å². The highest BCUT2D eigenvalue weighted by Crippen LogP contribution is 2.20. The fourth-order valence-electron chi connectivity index (χ4n) is 1.02. The van der Waals surface area contributed by atoms with Crippen LogP contribution in [0.5, 0.6) is 0 Å². The zero-order valence-electron chi connectivity index (χ0n) is 5.63. The molecule has 1 rings (SSSR count). The maximum absolute atomic E-state index is 8.72. The summed E-state index contributed by atoms with van der Waals surface area (Å²) in [4.78, 5) is 0. The monoisotopic (exact) mass is 128 g/mol. The largest absolute Gasteiger partial charge is 0.501 e. The van der Waals surface area contributed by atoms with Crippen LogP contribution < -0.4 is 0 Å². The highest BCUT2D eigenvalue weighted by Gasteiger charge is 2.16. The third-order valence-electron chi connectivity index (χ3n) is 1.73. The summed E-state index contributed by atoms with van der Waals surface area (Å²) in [6, 6.07) is 0. The second-order valence-corrected chi connectivity index (χ2v) is 2.29. The van der Waals surface area contributed by atoms with Gasteiger partial charge < -0.3 is 9.84 Å². The average Bonchev–Trinajstić information content (AvgIpc) is 2.33. The van der Waals surface area contributed by atoms with E-state index in [2.05, 4.69) is 6.92 Å². The number of rotatable bonds is 2. The van der Waals surface area contributed by atoms with Crippen LogP contribution in [0.25, 0.3) is 0 Å². The molecule has 1 heterocycles. The fraction of sp³-hybridized carbons (Fsp3) is 0.714. The predicted molar refractivity (Wildman–Crippen MR) is 34.9 cm³/mol. The molecule has 1 aliphatic heterocycles. The molecule has 0 spiro atoms. The van der Waals surface area contributed by atoms with Gasteiger partial charge in [0.15, 0.2) is 0 Å². The normalized spacial score (nSPS) is 25.6. The molecule has 0 aromatic carbocycles. The third-order valence-corrected chi connectivity index (χ3v) is 1.73. The lowest BCUT2D eigenvalue weighted by Gasteiger charge is -2.05. The quantitative estimate of drug-likeness (QED) is 0.599. The number of hydrogen-bond donors (Lipinski definition) is 1. The van der Waals surface area contributed by atoms with Gasteiger partial charge in [-0.15, -0.1) is 0 Å². The van der Waals surface area contributed by atoms with Gasteiger partial charge in [-0.1, -0.05) is 6.92 Å². The van der Waals surface area contributed by atoms with Crippen molar-refractivity contribution in [1.82, 2.24) is 0 Å². The lowest BCUT2D eigenvalue weighted by Crippen LogP contribution is -2.04. The summed E-state index contributed by atoms with van der Waals surface area (Å²) in [5.74, 6) is 0.468. The summed E-state index contributed by atoms with van der Waals surface area (Å²) < 4.78 is 5.03. The first-order chi connectivity index (χ1) is 4.38. The van der Waals surface area contributed by atoms with Crippen LogP contribution in [0.1, 0.15) is 13.3 Å². The molecule has 52 valence electrons. The van der Waals surface area contributed by atoms with Crippen LogP contribution in [0.3, 0.4) is 0 Å². The van der Waals surface area contributed by atoms with Crippen molar-refractivity contribution >= 4 is 0 Å². The Bertz CT molecular complexity index is 118. The topological polar surface area (TPSA) is 29.5 Å². The Morgan fingerprint density at radius 1 is 1.89 bits per heavy atom. The van der Waals surface area contributed by atoms with Crippen LogP contribution in [0.4, 0.5) is 0 Å². The van der Waals surface area contributed by atoms with E-state index in [1.165, 1.54) is 0 Å². The lowest BCUT2D eigenvalue weighted by molar-refractivity contribution is 0.243. The first-order valence-corrected chi connectivity index (χ1v) is 3.30. The van der Waals surface area contributed by atoms with E-state index in [0.29, 0.717) is 5.92 Å². The second kappa shape index (κ2) is 2.87. The highest BCUT2D eigenvalue weighted by molar-refractivity contribution is 5.07. The summed E-state index contributed by atoms with van der Waals surface area (Å²) in [5, 5.41) is 8.72. The third kappa shape index (κ3) is 1.24. The smallest absolute Gasteiger partial charge is 0.0940 e. The molecular formula is C7H12O2. The SMILES string of the molecule is CC[C@@H]1COC=C1CO. The average molecular weight is 128 g/mol. The van der Waals surface area contributed by atoms with E-state index < -0.39 is 0 Å². The van der Waals surface area contributed by atoms with Crippen LogP contribution in [0, 0.1) is 5.92 Å². The molecule has 0 saturated carbocycles. The second-order valence-electron chi connectivity index (χ2n) is 2.29. The number of aliphatic hydroxyl groups excluding tert-OH is 1. The molecule has 0 fully saturated rings. The molecule has 0 aliphatic carbocycles. The summed E-state index contributed by atoms with van der Waals surface area (Å²) >= 11 is 0. The number of ether oxygens (including phenoxy) is 1. The van der Waals surface area contributed by atoms with E-state index in [1.54, 1.807) is 6.26 Å². The molecule has 0 aromatic heterocycles. The first-order valence-electron chi connectivity index (χ1n) is 3.30. The Balaban J connectivity index is 2.47. The van der Waals surface area contributed by atoms with Gasteiger partial charge in [-0.3, -0.25) is 0 Å². The molecule has 0 unspecified atom stereocenters. The number of aliphatic hydroxyl groups is 1. The van der Waals surface area contributed by atoms with Crippen molar-refractivity contribution in [3.63, 3.8) is 0 Å². The van der Waals surface area contributed by atoms with Crippen molar-refractivity contribution in [2.75, 3.05) is 13.2 Å². The van der Waals surface area contributed by atoms with Crippen LogP contribution >= 0.6 is 0 Å². The van der Waals surface area contributed by atoms with E-state index in [-0.39, 0.29) is 6.61 Å². The van der Waals surface area contributed by atoms with Crippen molar-refractivity contribution in [2.24, 2.45) is 5.92 Å². The molecule has 0 saturated heterocycles. The van der Waals surface area contributed by atoms with E-state index >= 15 is 0 Å². The van der Waals surface area contributed by atoms with Crippen molar-refractivity contribution in [3.8, 4) is 0 Å². The zero-order valence-corrected chi connectivity index (χ0v) is 5.63. The Kier molecular flexibility index (Phi) is 2.11. The van der Waals surface area contributed by atoms with E-state index in [1.807, 2.05) is 0 Å². The Hall–Kier alpha value is -0.500. The summed E-state index contributed by atoms with van der Waals surface area (Å²) in [6.45, 7) is 3.01. The predicted octanol–water partition coefficient (Wildman–Crippen LogP) is 0.919. The van der Waals surface area contributed by atoms with Gasteiger partial charge in [0, 0.05) is 5.92 Å². The standard InChI is InChI=1S/C7H12O2/c1-2-6-4-9-5-7(6)3-8/h5-6,8H,2-4H2,1H3/t6-/m1/s1. The van der Waals surface area contributed by atoms with Gasteiger partial charge in [0.25, 0.3) is 0 Å².